The van der Waals surface area contributed by atoms with Crippen LogP contribution in [0, 0.1) is 68.0 Å². The summed E-state index contributed by atoms with van der Waals surface area (Å²) in [6, 6.07) is 37.1. The molecule has 352 valence electrons. The molecular weight excluding hydrogens is 851 g/mol. The van der Waals surface area contributed by atoms with Gasteiger partial charge in [-0.3, -0.25) is 0 Å². The molecule has 1 unspecified atom stereocenters. The third kappa shape index (κ3) is 12.2. The van der Waals surface area contributed by atoms with Crippen LogP contribution in [0.25, 0.3) is 46.6 Å². The summed E-state index contributed by atoms with van der Waals surface area (Å²) in [5.41, 5.74) is 12.8. The van der Waals surface area contributed by atoms with E-state index in [1.165, 1.54) is 0 Å². The summed E-state index contributed by atoms with van der Waals surface area (Å²) in [4.78, 5) is 0. The van der Waals surface area contributed by atoms with E-state index in [9.17, 15) is 26.3 Å². The first-order valence-corrected chi connectivity index (χ1v) is 24.2. The van der Waals surface area contributed by atoms with Crippen LogP contribution in [0.1, 0.15) is 177 Å². The molecule has 0 radical (unpaired) electrons. The lowest BCUT2D eigenvalue weighted by molar-refractivity contribution is 0.289. The van der Waals surface area contributed by atoms with Gasteiger partial charge in [-0.25, -0.2) is 0 Å². The van der Waals surface area contributed by atoms with Gasteiger partial charge >= 0.3 is 0 Å². The van der Waals surface area contributed by atoms with E-state index in [0.717, 1.165) is 66.8 Å². The standard InChI is InChI=1S/C65H67N5/c1-61(2,3)56-26-41-16-46(31-56)51(36-66)22-42-17-48(33-57(27-42)62(4,5)6)53(38-68)24-44-19-50(35-59(29-44)64(10,11)12)55(40-70)25-45-20-49(34-60(30-45)65(13,14)15)54(39-69)23-43-18-47(52(21-41)37-67)32-58(28-43)63(7,8)9/h16-34,59H,35H2,1-15H3/b51-22+,52-21+,53-24+,54-23+,55-25+. The molecule has 0 heterocycles. The lowest BCUT2D eigenvalue weighted by Gasteiger charge is -2.32. The second kappa shape index (κ2) is 19.5. The Labute approximate surface area is 419 Å². The van der Waals surface area contributed by atoms with E-state index in [0.29, 0.717) is 45.4 Å². The first-order chi connectivity index (χ1) is 32.5. The topological polar surface area (TPSA) is 119 Å². The molecule has 6 rings (SSSR count). The minimum Gasteiger partial charge on any atom is -0.192 e. The van der Waals surface area contributed by atoms with Crippen molar-refractivity contribution in [2.75, 3.05) is 0 Å². The molecule has 0 spiro atoms. The predicted molar refractivity (Wildman–Crippen MR) is 292 cm³/mol. The van der Waals surface area contributed by atoms with Crippen LogP contribution < -0.4 is 0 Å². The molecule has 0 saturated carbocycles. The molecule has 0 amide bonds. The molecule has 5 heteroatoms. The number of hydrogen-bond donors (Lipinski definition) is 0. The van der Waals surface area contributed by atoms with Crippen molar-refractivity contribution in [2.24, 2.45) is 11.3 Å². The predicted octanol–water partition coefficient (Wildman–Crippen LogP) is 16.8. The van der Waals surface area contributed by atoms with Gasteiger partial charge in [0.2, 0.25) is 0 Å². The highest BCUT2D eigenvalue weighted by Crippen LogP contribution is 2.41. The van der Waals surface area contributed by atoms with Crippen LogP contribution in [0.5, 0.6) is 0 Å². The zero-order valence-corrected chi connectivity index (χ0v) is 44.0. The summed E-state index contributed by atoms with van der Waals surface area (Å²) in [7, 11) is 0. The Balaban J connectivity index is 1.78. The van der Waals surface area contributed by atoms with Gasteiger partial charge in [0.15, 0.2) is 0 Å². The molecule has 0 N–H and O–H groups in total. The molecule has 1 atom stereocenters. The number of rotatable bonds is 0. The summed E-state index contributed by atoms with van der Waals surface area (Å²) >= 11 is 0. The van der Waals surface area contributed by atoms with E-state index in [1.807, 2.05) is 60.7 Å². The molecule has 4 aromatic carbocycles. The number of nitrogens with zero attached hydrogens (tertiary/aromatic N) is 5. The fourth-order valence-corrected chi connectivity index (χ4v) is 8.71. The largest absolute Gasteiger partial charge is 0.192 e. The minimum absolute atomic E-state index is 0.0545. The van der Waals surface area contributed by atoms with Crippen molar-refractivity contribution in [3.8, 4) is 30.3 Å². The van der Waals surface area contributed by atoms with Crippen molar-refractivity contribution < 1.29 is 0 Å². The van der Waals surface area contributed by atoms with E-state index in [2.05, 4.69) is 189 Å². The Morgan fingerprint density at radius 1 is 0.343 bits per heavy atom. The van der Waals surface area contributed by atoms with Gasteiger partial charge in [0.25, 0.3) is 0 Å². The van der Waals surface area contributed by atoms with Crippen molar-refractivity contribution in [3.63, 3.8) is 0 Å². The number of nitriles is 5. The molecule has 10 bridgehead atoms. The molecule has 4 aromatic rings. The minimum atomic E-state index is -0.293. The Kier molecular flexibility index (Phi) is 14.4. The number of fused-ring (bicyclic) bond motifs is 9. The average molecular weight is 918 g/mol. The van der Waals surface area contributed by atoms with Crippen molar-refractivity contribution >= 4 is 46.6 Å². The van der Waals surface area contributed by atoms with Gasteiger partial charge in [-0.2, -0.15) is 26.3 Å². The van der Waals surface area contributed by atoms with Gasteiger partial charge in [0.05, 0.1) is 58.2 Å². The fraction of sp³-hybridized carbons (Fsp3) is 0.338. The van der Waals surface area contributed by atoms with Crippen LogP contribution in [0.15, 0.2) is 108 Å². The van der Waals surface area contributed by atoms with Gasteiger partial charge < -0.3 is 0 Å². The van der Waals surface area contributed by atoms with E-state index in [1.54, 1.807) is 0 Å². The maximum Gasteiger partial charge on any atom is 0.0998 e. The maximum absolute atomic E-state index is 11.0. The van der Waals surface area contributed by atoms with Crippen molar-refractivity contribution in [3.05, 3.63) is 175 Å². The SMILES string of the molecule is CC(C)(C)c1cc2cc(c1)/C(C#N)=C/c1cc(cc(C(C)(C)C)c1)/C(C#N)=C/c1cc(cc(C(C)(C)C)c1)/C(C#N)=C/c1cc(cc(C(C)(C)C)c1)/C(C#N)=C/C1=CC(C(C)(C)C)CC(=C1)/C(C#N)=C/2. The van der Waals surface area contributed by atoms with Crippen LogP contribution in [-0.2, 0) is 21.7 Å². The lowest BCUT2D eigenvalue weighted by Crippen LogP contribution is -2.21. The van der Waals surface area contributed by atoms with Crippen molar-refractivity contribution in [1.82, 2.24) is 0 Å². The Morgan fingerprint density at radius 3 is 0.871 bits per heavy atom. The van der Waals surface area contributed by atoms with Crippen LogP contribution in [-0.4, -0.2) is 0 Å². The van der Waals surface area contributed by atoms with Gasteiger partial charge in [-0.15, -0.1) is 0 Å². The average Bonchev–Trinajstić information content (AvgIpc) is 3.27. The van der Waals surface area contributed by atoms with Crippen LogP contribution in [0.3, 0.4) is 0 Å². The molecule has 5 nitrogen and oxygen atoms in total. The summed E-state index contributed by atoms with van der Waals surface area (Å²) in [5, 5.41) is 54.7. The van der Waals surface area contributed by atoms with E-state index >= 15 is 0 Å². The van der Waals surface area contributed by atoms with E-state index < -0.39 is 0 Å². The molecule has 70 heavy (non-hydrogen) atoms. The molecule has 0 saturated heterocycles. The Bertz CT molecular complexity index is 3220. The number of benzene rings is 4. The molecule has 0 aliphatic heterocycles. The van der Waals surface area contributed by atoms with Gasteiger partial charge in [-0.05, 0) is 196 Å². The quantitative estimate of drug-likeness (QED) is 0.174. The van der Waals surface area contributed by atoms with Crippen LogP contribution in [0.4, 0.5) is 0 Å². The first-order valence-electron chi connectivity index (χ1n) is 24.2. The second-order valence-corrected chi connectivity index (χ2v) is 24.2. The van der Waals surface area contributed by atoms with Gasteiger partial charge in [0, 0.05) is 0 Å². The summed E-state index contributed by atoms with van der Waals surface area (Å²) in [5.74, 6) is 0.0545. The highest BCUT2D eigenvalue weighted by molar-refractivity contribution is 5.96. The zero-order chi connectivity index (χ0) is 51.7. The molecule has 2 aliphatic carbocycles. The third-order valence-electron chi connectivity index (χ3n) is 13.3. The maximum atomic E-state index is 11.0. The number of hydrogen-bond acceptors (Lipinski definition) is 5. The smallest absolute Gasteiger partial charge is 0.0998 e. The van der Waals surface area contributed by atoms with Crippen LogP contribution >= 0.6 is 0 Å². The van der Waals surface area contributed by atoms with Gasteiger partial charge in [-0.1, -0.05) is 140 Å². The summed E-state index contributed by atoms with van der Waals surface area (Å²) < 4.78 is 0. The number of allylic oxidation sites excluding steroid dienone is 10. The van der Waals surface area contributed by atoms with Crippen molar-refractivity contribution in [1.29, 1.82) is 26.3 Å². The second-order valence-electron chi connectivity index (χ2n) is 24.2. The zero-order valence-electron chi connectivity index (χ0n) is 44.0. The third-order valence-corrected chi connectivity index (χ3v) is 13.3. The molecule has 0 aromatic heterocycles. The summed E-state index contributed by atoms with van der Waals surface area (Å²) in [6.07, 6.45) is 14.4. The summed E-state index contributed by atoms with van der Waals surface area (Å²) in [6.45, 7) is 32.2. The van der Waals surface area contributed by atoms with Crippen LogP contribution in [0.2, 0.25) is 0 Å². The molecule has 2 aliphatic rings. The normalized spacial score (nSPS) is 19.7. The molecular formula is C65H67N5. The fourth-order valence-electron chi connectivity index (χ4n) is 8.71. The lowest BCUT2D eigenvalue weighted by atomic mass is 9.72. The highest BCUT2D eigenvalue weighted by Gasteiger charge is 2.29. The Morgan fingerprint density at radius 2 is 0.614 bits per heavy atom. The van der Waals surface area contributed by atoms with Crippen molar-refractivity contribution in [2.45, 2.75) is 132 Å². The Hall–Kier alpha value is -7.49. The highest BCUT2D eigenvalue weighted by atomic mass is 14.4. The van der Waals surface area contributed by atoms with Gasteiger partial charge in [0.1, 0.15) is 0 Å². The van der Waals surface area contributed by atoms with E-state index in [-0.39, 0.29) is 33.0 Å². The molecule has 0 fully saturated rings. The monoisotopic (exact) mass is 918 g/mol. The van der Waals surface area contributed by atoms with E-state index in [4.69, 9.17) is 0 Å². The first kappa shape index (κ1) is 51.9.